The number of aryl methyl sites for hydroxylation is 1. The van der Waals surface area contributed by atoms with Gasteiger partial charge in [-0.25, -0.2) is 0 Å². The number of amides is 1. The summed E-state index contributed by atoms with van der Waals surface area (Å²) in [6.45, 7) is 5.74. The van der Waals surface area contributed by atoms with Crippen molar-refractivity contribution in [3.05, 3.63) is 54.1 Å². The predicted molar refractivity (Wildman–Crippen MR) is 112 cm³/mol. The average molecular weight is 384 g/mol. The smallest absolute Gasteiger partial charge is 0.221 e. The quantitative estimate of drug-likeness (QED) is 0.352. The van der Waals surface area contributed by atoms with Crippen LogP contribution >= 0.6 is 0 Å². The largest absolute Gasteiger partial charge is 0.492 e. The second-order valence-corrected chi connectivity index (χ2v) is 6.14. The van der Waals surface area contributed by atoms with Crippen LogP contribution in [-0.2, 0) is 4.79 Å². The Kier molecular flexibility index (Phi) is 8.65. The zero-order valence-corrected chi connectivity index (χ0v) is 16.6. The minimum Gasteiger partial charge on any atom is -0.492 e. The number of nitrogens with one attached hydrogen (secondary N) is 3. The average Bonchev–Trinajstić information content (AvgIpc) is 2.68. The monoisotopic (exact) mass is 384 g/mol. The molecule has 0 unspecified atom stereocenters. The highest BCUT2D eigenvalue weighted by molar-refractivity contribution is 5.88. The van der Waals surface area contributed by atoms with E-state index in [4.69, 9.17) is 9.47 Å². The molecule has 0 heterocycles. The number of hydrogen-bond acceptors (Lipinski definition) is 4. The highest BCUT2D eigenvalue weighted by Gasteiger charge is 2.01. The van der Waals surface area contributed by atoms with Gasteiger partial charge in [0.15, 0.2) is 5.96 Å². The summed E-state index contributed by atoms with van der Waals surface area (Å²) in [5.41, 5.74) is 1.92. The lowest BCUT2D eigenvalue weighted by Crippen LogP contribution is -2.40. The van der Waals surface area contributed by atoms with E-state index in [1.807, 2.05) is 49.4 Å². The predicted octanol–water partition coefficient (Wildman–Crippen LogP) is 2.58. The van der Waals surface area contributed by atoms with Crippen molar-refractivity contribution < 1.29 is 14.3 Å². The molecule has 1 amide bonds. The maximum absolute atomic E-state index is 11.1. The topological polar surface area (TPSA) is 84.0 Å². The summed E-state index contributed by atoms with van der Waals surface area (Å²) in [6.07, 6.45) is 0. The van der Waals surface area contributed by atoms with E-state index in [9.17, 15) is 4.79 Å². The highest BCUT2D eigenvalue weighted by atomic mass is 16.5. The number of nitrogens with zero attached hydrogens (tertiary/aromatic N) is 1. The molecule has 7 heteroatoms. The molecule has 0 aliphatic carbocycles. The fraction of sp³-hybridized carbons (Fsp3) is 0.333. The lowest BCUT2D eigenvalue weighted by molar-refractivity contribution is -0.114. The summed E-state index contributed by atoms with van der Waals surface area (Å²) >= 11 is 0. The van der Waals surface area contributed by atoms with Crippen molar-refractivity contribution in [2.24, 2.45) is 4.99 Å². The van der Waals surface area contributed by atoms with Crippen molar-refractivity contribution in [1.29, 1.82) is 0 Å². The SMILES string of the molecule is CN=C(NCCOc1ccc(C)cc1)NCCOc1cccc(NC(C)=O)c1. The maximum Gasteiger partial charge on any atom is 0.221 e. The minimum absolute atomic E-state index is 0.111. The van der Waals surface area contributed by atoms with Crippen LogP contribution in [0.4, 0.5) is 5.69 Å². The summed E-state index contributed by atoms with van der Waals surface area (Å²) in [4.78, 5) is 15.3. The molecule has 0 aromatic heterocycles. The van der Waals surface area contributed by atoms with E-state index in [1.165, 1.54) is 12.5 Å². The number of aliphatic imine (C=N–C) groups is 1. The molecule has 2 aromatic rings. The number of benzene rings is 2. The first kappa shape index (κ1) is 21.1. The number of anilines is 1. The third kappa shape index (κ3) is 7.99. The third-order valence-electron chi connectivity index (χ3n) is 3.73. The Bertz CT molecular complexity index is 775. The van der Waals surface area contributed by atoms with Crippen molar-refractivity contribution in [2.45, 2.75) is 13.8 Å². The zero-order chi connectivity index (χ0) is 20.2. The minimum atomic E-state index is -0.111. The molecule has 0 radical (unpaired) electrons. The molecule has 0 fully saturated rings. The van der Waals surface area contributed by atoms with Gasteiger partial charge in [0.25, 0.3) is 0 Å². The molecule has 0 aliphatic rings. The number of guanidine groups is 1. The number of carbonyl (C=O) groups is 1. The van der Waals surface area contributed by atoms with Crippen LogP contribution in [0.3, 0.4) is 0 Å². The Morgan fingerprint density at radius 2 is 1.61 bits per heavy atom. The van der Waals surface area contributed by atoms with Gasteiger partial charge in [-0.3, -0.25) is 9.79 Å². The van der Waals surface area contributed by atoms with Crippen LogP contribution in [-0.4, -0.2) is 45.2 Å². The van der Waals surface area contributed by atoms with Crippen LogP contribution in [0.25, 0.3) is 0 Å². The molecule has 28 heavy (non-hydrogen) atoms. The molecule has 150 valence electrons. The van der Waals surface area contributed by atoms with Gasteiger partial charge in [0.1, 0.15) is 24.7 Å². The van der Waals surface area contributed by atoms with E-state index < -0.39 is 0 Å². The van der Waals surface area contributed by atoms with Gasteiger partial charge in [-0.2, -0.15) is 0 Å². The van der Waals surface area contributed by atoms with Crippen LogP contribution in [0.5, 0.6) is 11.5 Å². The van der Waals surface area contributed by atoms with E-state index >= 15 is 0 Å². The second-order valence-electron chi connectivity index (χ2n) is 6.14. The van der Waals surface area contributed by atoms with Crippen LogP contribution < -0.4 is 25.4 Å². The normalized spacial score (nSPS) is 10.9. The molecule has 0 atom stereocenters. The molecule has 0 spiro atoms. The Hall–Kier alpha value is -3.22. The molecule has 3 N–H and O–H groups in total. The van der Waals surface area contributed by atoms with Gasteiger partial charge in [0.05, 0.1) is 13.1 Å². The maximum atomic E-state index is 11.1. The van der Waals surface area contributed by atoms with Crippen molar-refractivity contribution in [2.75, 3.05) is 38.7 Å². The van der Waals surface area contributed by atoms with Gasteiger partial charge < -0.3 is 25.4 Å². The zero-order valence-electron chi connectivity index (χ0n) is 16.6. The number of carbonyl (C=O) groups excluding carboxylic acids is 1. The van der Waals surface area contributed by atoms with Gasteiger partial charge in [-0.1, -0.05) is 23.8 Å². The van der Waals surface area contributed by atoms with Crippen LogP contribution in [0, 0.1) is 6.92 Å². The summed E-state index contributed by atoms with van der Waals surface area (Å²) < 4.78 is 11.4. The Labute approximate surface area is 166 Å². The van der Waals surface area contributed by atoms with Gasteiger partial charge in [-0.15, -0.1) is 0 Å². The van der Waals surface area contributed by atoms with Gasteiger partial charge in [0.2, 0.25) is 5.91 Å². The first-order valence-corrected chi connectivity index (χ1v) is 9.21. The highest BCUT2D eigenvalue weighted by Crippen LogP contribution is 2.17. The van der Waals surface area contributed by atoms with E-state index in [-0.39, 0.29) is 5.91 Å². The lowest BCUT2D eigenvalue weighted by Gasteiger charge is -2.13. The van der Waals surface area contributed by atoms with E-state index in [0.29, 0.717) is 43.7 Å². The molecule has 0 aliphatic heterocycles. The van der Waals surface area contributed by atoms with Gasteiger partial charge in [0, 0.05) is 25.7 Å². The van der Waals surface area contributed by atoms with E-state index in [1.54, 1.807) is 13.1 Å². The molecule has 0 saturated heterocycles. The molecule has 0 saturated carbocycles. The standard InChI is InChI=1S/C21H28N4O3/c1-16-7-9-19(10-8-16)27-13-11-23-21(22-3)24-12-14-28-20-6-4-5-18(15-20)25-17(2)26/h4-10,15H,11-14H2,1-3H3,(H,25,26)(H2,22,23,24). The van der Waals surface area contributed by atoms with Crippen LogP contribution in [0.1, 0.15) is 12.5 Å². The number of hydrogen-bond donors (Lipinski definition) is 3. The molecular formula is C21H28N4O3. The Morgan fingerprint density at radius 3 is 2.21 bits per heavy atom. The Balaban J connectivity index is 1.63. The number of rotatable bonds is 9. The molecule has 0 bridgehead atoms. The Morgan fingerprint density at radius 1 is 0.964 bits per heavy atom. The summed E-state index contributed by atoms with van der Waals surface area (Å²) in [6, 6.07) is 15.3. The van der Waals surface area contributed by atoms with Crippen LogP contribution in [0.2, 0.25) is 0 Å². The van der Waals surface area contributed by atoms with Crippen molar-refractivity contribution in [3.63, 3.8) is 0 Å². The molecule has 7 nitrogen and oxygen atoms in total. The molecule has 2 rings (SSSR count). The van der Waals surface area contributed by atoms with Crippen molar-refractivity contribution in [1.82, 2.24) is 10.6 Å². The molecular weight excluding hydrogens is 356 g/mol. The third-order valence-corrected chi connectivity index (χ3v) is 3.73. The van der Waals surface area contributed by atoms with Gasteiger partial charge >= 0.3 is 0 Å². The van der Waals surface area contributed by atoms with Crippen molar-refractivity contribution >= 4 is 17.6 Å². The summed E-state index contributed by atoms with van der Waals surface area (Å²) in [7, 11) is 1.72. The first-order valence-electron chi connectivity index (χ1n) is 9.21. The van der Waals surface area contributed by atoms with Crippen molar-refractivity contribution in [3.8, 4) is 11.5 Å². The first-order chi connectivity index (χ1) is 13.6. The molecule has 2 aromatic carbocycles. The number of ether oxygens (including phenoxy) is 2. The second kappa shape index (κ2) is 11.5. The fourth-order valence-electron chi connectivity index (χ4n) is 2.40. The van der Waals surface area contributed by atoms with E-state index in [0.717, 1.165) is 5.75 Å². The summed E-state index contributed by atoms with van der Waals surface area (Å²) in [5, 5.41) is 9.10. The van der Waals surface area contributed by atoms with E-state index in [2.05, 4.69) is 20.9 Å². The van der Waals surface area contributed by atoms with Crippen LogP contribution in [0.15, 0.2) is 53.5 Å². The lowest BCUT2D eigenvalue weighted by atomic mass is 10.2. The summed E-state index contributed by atoms with van der Waals surface area (Å²) in [5.74, 6) is 2.12. The van der Waals surface area contributed by atoms with Gasteiger partial charge in [-0.05, 0) is 31.2 Å². The fourth-order valence-corrected chi connectivity index (χ4v) is 2.40.